The number of ketones is 1. The molecule has 1 saturated carbocycles. The first kappa shape index (κ1) is 16.1. The van der Waals surface area contributed by atoms with E-state index in [1.807, 2.05) is 0 Å². The molecule has 1 saturated heterocycles. The first-order valence-electron chi connectivity index (χ1n) is 8.70. The predicted molar refractivity (Wildman–Crippen MR) is 87.9 cm³/mol. The minimum atomic E-state index is -0.465. The van der Waals surface area contributed by atoms with Gasteiger partial charge >= 0.3 is 0 Å². The Morgan fingerprint density at radius 1 is 1.13 bits per heavy atom. The summed E-state index contributed by atoms with van der Waals surface area (Å²) >= 11 is 0. The molecule has 3 rings (SSSR count). The van der Waals surface area contributed by atoms with Crippen molar-refractivity contribution in [2.24, 2.45) is 11.7 Å². The molecule has 2 heterocycles. The monoisotopic (exact) mass is 315 g/mol. The van der Waals surface area contributed by atoms with E-state index in [-0.39, 0.29) is 17.6 Å². The molecule has 2 unspecified atom stereocenters. The Morgan fingerprint density at radius 3 is 2.61 bits per heavy atom. The molecular formula is C18H25N3O2. The minimum absolute atomic E-state index is 0.0521. The van der Waals surface area contributed by atoms with Crippen molar-refractivity contribution in [2.75, 3.05) is 6.54 Å². The van der Waals surface area contributed by atoms with Gasteiger partial charge in [0.1, 0.15) is 5.69 Å². The van der Waals surface area contributed by atoms with E-state index < -0.39 is 12.1 Å². The SMILES string of the molecule is NC(C(=O)N1CCCC1C(=O)c1ccccn1)C1CCCCC1. The second kappa shape index (κ2) is 7.21. The number of pyridine rings is 1. The van der Waals surface area contributed by atoms with E-state index in [9.17, 15) is 9.59 Å². The van der Waals surface area contributed by atoms with Crippen molar-refractivity contribution in [3.05, 3.63) is 30.1 Å². The number of carbonyl (C=O) groups is 2. The molecule has 2 atom stereocenters. The summed E-state index contributed by atoms with van der Waals surface area (Å²) in [5, 5.41) is 0. The van der Waals surface area contributed by atoms with Crippen molar-refractivity contribution in [3.63, 3.8) is 0 Å². The van der Waals surface area contributed by atoms with Crippen LogP contribution in [0.25, 0.3) is 0 Å². The van der Waals surface area contributed by atoms with Crippen LogP contribution in [-0.2, 0) is 4.79 Å². The van der Waals surface area contributed by atoms with Crippen LogP contribution in [0.5, 0.6) is 0 Å². The van der Waals surface area contributed by atoms with Crippen LogP contribution in [0.3, 0.4) is 0 Å². The third-order valence-electron chi connectivity index (χ3n) is 5.20. The number of hydrogen-bond acceptors (Lipinski definition) is 4. The largest absolute Gasteiger partial charge is 0.331 e. The zero-order chi connectivity index (χ0) is 16.2. The Bertz CT molecular complexity index is 555. The van der Waals surface area contributed by atoms with Crippen molar-refractivity contribution in [1.29, 1.82) is 0 Å². The van der Waals surface area contributed by atoms with Gasteiger partial charge in [-0.15, -0.1) is 0 Å². The van der Waals surface area contributed by atoms with Crippen molar-refractivity contribution < 1.29 is 9.59 Å². The highest BCUT2D eigenvalue weighted by Gasteiger charge is 2.38. The number of hydrogen-bond donors (Lipinski definition) is 1. The van der Waals surface area contributed by atoms with Crippen LogP contribution < -0.4 is 5.73 Å². The standard InChI is InChI=1S/C18H25N3O2/c19-16(13-7-2-1-3-8-13)18(23)21-12-6-10-15(21)17(22)14-9-4-5-11-20-14/h4-5,9,11,13,15-16H,1-3,6-8,10,12,19H2. The molecule has 0 spiro atoms. The number of nitrogens with two attached hydrogens (primary N) is 1. The van der Waals surface area contributed by atoms with Crippen molar-refractivity contribution >= 4 is 11.7 Å². The zero-order valence-electron chi connectivity index (χ0n) is 13.5. The fourth-order valence-electron chi connectivity index (χ4n) is 3.87. The number of amides is 1. The highest BCUT2D eigenvalue weighted by Crippen LogP contribution is 2.28. The van der Waals surface area contributed by atoms with Gasteiger partial charge in [-0.1, -0.05) is 25.3 Å². The Labute approximate surface area is 137 Å². The van der Waals surface area contributed by atoms with E-state index in [0.29, 0.717) is 18.7 Å². The molecule has 1 aromatic rings. The molecule has 0 radical (unpaired) electrons. The average Bonchev–Trinajstić information content (AvgIpc) is 3.11. The molecule has 0 bridgehead atoms. The lowest BCUT2D eigenvalue weighted by atomic mass is 9.83. The van der Waals surface area contributed by atoms with Gasteiger partial charge in [-0.05, 0) is 43.7 Å². The van der Waals surface area contributed by atoms with Crippen LogP contribution in [0, 0.1) is 5.92 Å². The highest BCUT2D eigenvalue weighted by atomic mass is 16.2. The molecule has 1 aromatic heterocycles. The summed E-state index contributed by atoms with van der Waals surface area (Å²) in [6.07, 6.45) is 8.78. The predicted octanol–water partition coefficient (Wildman–Crippen LogP) is 2.16. The number of carbonyl (C=O) groups excluding carboxylic acids is 2. The van der Waals surface area contributed by atoms with Gasteiger partial charge < -0.3 is 10.6 Å². The maximum absolute atomic E-state index is 12.8. The van der Waals surface area contributed by atoms with Gasteiger partial charge in [0, 0.05) is 12.7 Å². The van der Waals surface area contributed by atoms with Gasteiger partial charge in [-0.25, -0.2) is 0 Å². The maximum Gasteiger partial charge on any atom is 0.240 e. The molecule has 1 aliphatic heterocycles. The molecule has 2 N–H and O–H groups in total. The van der Waals surface area contributed by atoms with E-state index in [1.54, 1.807) is 29.3 Å². The fraction of sp³-hybridized carbons (Fsp3) is 0.611. The Kier molecular flexibility index (Phi) is 5.06. The van der Waals surface area contributed by atoms with Crippen LogP contribution in [0.15, 0.2) is 24.4 Å². The van der Waals surface area contributed by atoms with Crippen LogP contribution in [0.1, 0.15) is 55.4 Å². The first-order valence-corrected chi connectivity index (χ1v) is 8.70. The number of aromatic nitrogens is 1. The zero-order valence-corrected chi connectivity index (χ0v) is 13.5. The fourth-order valence-corrected chi connectivity index (χ4v) is 3.87. The van der Waals surface area contributed by atoms with E-state index >= 15 is 0 Å². The van der Waals surface area contributed by atoms with Gasteiger partial charge in [0.15, 0.2) is 0 Å². The van der Waals surface area contributed by atoms with Crippen LogP contribution in [0.4, 0.5) is 0 Å². The maximum atomic E-state index is 12.8. The van der Waals surface area contributed by atoms with Gasteiger partial charge in [0.2, 0.25) is 11.7 Å². The first-order chi connectivity index (χ1) is 11.2. The number of nitrogens with zero attached hydrogens (tertiary/aromatic N) is 2. The molecule has 5 nitrogen and oxygen atoms in total. The molecule has 2 fully saturated rings. The van der Waals surface area contributed by atoms with Gasteiger partial charge in [-0.3, -0.25) is 14.6 Å². The van der Waals surface area contributed by atoms with Crippen LogP contribution >= 0.6 is 0 Å². The molecule has 1 amide bonds. The molecule has 5 heteroatoms. The molecule has 1 aliphatic carbocycles. The summed E-state index contributed by atoms with van der Waals surface area (Å²) < 4.78 is 0. The van der Waals surface area contributed by atoms with Crippen molar-refractivity contribution in [2.45, 2.75) is 57.0 Å². The lowest BCUT2D eigenvalue weighted by molar-refractivity contribution is -0.134. The van der Waals surface area contributed by atoms with Crippen molar-refractivity contribution in [3.8, 4) is 0 Å². The summed E-state index contributed by atoms with van der Waals surface area (Å²) in [6, 6.07) is 4.44. The number of Topliss-reactive ketones (excluding diaryl/α,β-unsaturated/α-hetero) is 1. The second-order valence-corrected chi connectivity index (χ2v) is 6.69. The summed E-state index contributed by atoms with van der Waals surface area (Å²) in [5.41, 5.74) is 6.69. The third-order valence-corrected chi connectivity index (χ3v) is 5.20. The quantitative estimate of drug-likeness (QED) is 0.864. The molecule has 0 aromatic carbocycles. The van der Waals surface area contributed by atoms with E-state index in [1.165, 1.54) is 6.42 Å². The van der Waals surface area contributed by atoms with Gasteiger partial charge in [-0.2, -0.15) is 0 Å². The molecular weight excluding hydrogens is 290 g/mol. The highest BCUT2D eigenvalue weighted by molar-refractivity contribution is 6.01. The Hall–Kier alpha value is -1.75. The number of rotatable bonds is 4. The van der Waals surface area contributed by atoms with E-state index in [0.717, 1.165) is 32.1 Å². The summed E-state index contributed by atoms with van der Waals surface area (Å²) in [7, 11) is 0. The summed E-state index contributed by atoms with van der Waals surface area (Å²) in [4.78, 5) is 31.3. The molecule has 23 heavy (non-hydrogen) atoms. The topological polar surface area (TPSA) is 76.3 Å². The molecule has 2 aliphatic rings. The average molecular weight is 315 g/mol. The summed E-state index contributed by atoms with van der Waals surface area (Å²) in [5.74, 6) is 0.151. The van der Waals surface area contributed by atoms with Gasteiger partial charge in [0.05, 0.1) is 12.1 Å². The van der Waals surface area contributed by atoms with Crippen LogP contribution in [-0.4, -0.2) is 40.2 Å². The lowest BCUT2D eigenvalue weighted by Gasteiger charge is -2.32. The second-order valence-electron chi connectivity index (χ2n) is 6.69. The molecule has 124 valence electrons. The number of likely N-dealkylation sites (tertiary alicyclic amines) is 1. The third kappa shape index (κ3) is 3.44. The Balaban J connectivity index is 1.70. The Morgan fingerprint density at radius 2 is 1.91 bits per heavy atom. The summed E-state index contributed by atoms with van der Waals surface area (Å²) in [6.45, 7) is 0.627. The smallest absolute Gasteiger partial charge is 0.240 e. The van der Waals surface area contributed by atoms with Crippen LogP contribution in [0.2, 0.25) is 0 Å². The normalized spacial score (nSPS) is 23.7. The van der Waals surface area contributed by atoms with Crippen molar-refractivity contribution in [1.82, 2.24) is 9.88 Å². The van der Waals surface area contributed by atoms with Gasteiger partial charge in [0.25, 0.3) is 0 Å². The lowest BCUT2D eigenvalue weighted by Crippen LogP contribution is -2.51. The minimum Gasteiger partial charge on any atom is -0.331 e. The van der Waals surface area contributed by atoms with E-state index in [2.05, 4.69) is 4.98 Å². The van der Waals surface area contributed by atoms with E-state index in [4.69, 9.17) is 5.73 Å².